The second kappa shape index (κ2) is 5.50. The van der Waals surface area contributed by atoms with Crippen molar-refractivity contribution in [3.63, 3.8) is 0 Å². The molecule has 1 atom stereocenters. The van der Waals surface area contributed by atoms with Crippen LogP contribution in [0.1, 0.15) is 6.92 Å². The van der Waals surface area contributed by atoms with Crippen LogP contribution in [0.5, 0.6) is 0 Å². The van der Waals surface area contributed by atoms with Gasteiger partial charge in [-0.05, 0) is 6.92 Å². The minimum atomic E-state index is -0.889. The third-order valence-corrected chi connectivity index (χ3v) is 1.13. The van der Waals surface area contributed by atoms with Crippen LogP contribution in [0.4, 0.5) is 0 Å². The van der Waals surface area contributed by atoms with Gasteiger partial charge in [-0.3, -0.25) is 10.1 Å². The molecular weight excluding hydrogens is 164 g/mol. The summed E-state index contributed by atoms with van der Waals surface area (Å²) in [5.74, 6) is 0. The number of aliphatic hydroxyl groups is 2. The molecule has 0 aliphatic heterocycles. The molecule has 0 aromatic carbocycles. The fraction of sp³-hybridized carbons (Fsp3) is 0.667. The van der Waals surface area contributed by atoms with Crippen LogP contribution in [-0.4, -0.2) is 34.4 Å². The van der Waals surface area contributed by atoms with E-state index in [2.05, 4.69) is 5.32 Å². The molecule has 0 aromatic heterocycles. The molecule has 12 heavy (non-hydrogen) atoms. The Morgan fingerprint density at radius 1 is 1.83 bits per heavy atom. The predicted molar refractivity (Wildman–Crippen MR) is 41.8 cm³/mol. The Kier molecular flexibility index (Phi) is 4.98. The van der Waals surface area contributed by atoms with E-state index in [-0.39, 0.29) is 13.2 Å². The zero-order chi connectivity index (χ0) is 9.56. The van der Waals surface area contributed by atoms with E-state index in [0.29, 0.717) is 5.70 Å². The van der Waals surface area contributed by atoms with Crippen molar-refractivity contribution in [2.24, 2.45) is 0 Å². The largest absolute Gasteiger partial charge is 0.394 e. The lowest BCUT2D eigenvalue weighted by Gasteiger charge is -2.08. The van der Waals surface area contributed by atoms with Crippen molar-refractivity contribution in [3.05, 3.63) is 22.0 Å². The Bertz CT molecular complexity index is 180. The molecule has 0 saturated heterocycles. The van der Waals surface area contributed by atoms with Crippen LogP contribution in [0.2, 0.25) is 0 Å². The monoisotopic (exact) mass is 176 g/mol. The van der Waals surface area contributed by atoms with Gasteiger partial charge in [-0.25, -0.2) is 0 Å². The maximum Gasteiger partial charge on any atom is 0.252 e. The minimum absolute atomic E-state index is 0.104. The van der Waals surface area contributed by atoms with Crippen LogP contribution in [0.25, 0.3) is 0 Å². The third-order valence-electron chi connectivity index (χ3n) is 1.13. The van der Waals surface area contributed by atoms with Gasteiger partial charge in [0.05, 0.1) is 23.3 Å². The van der Waals surface area contributed by atoms with Crippen molar-refractivity contribution < 1.29 is 15.1 Å². The van der Waals surface area contributed by atoms with E-state index in [0.717, 1.165) is 6.20 Å². The first kappa shape index (κ1) is 10.9. The van der Waals surface area contributed by atoms with Gasteiger partial charge in [-0.2, -0.15) is 0 Å². The second-order valence-electron chi connectivity index (χ2n) is 2.31. The summed E-state index contributed by atoms with van der Waals surface area (Å²) in [4.78, 5) is 9.31. The number of hydrogen-bond acceptors (Lipinski definition) is 5. The molecule has 0 fully saturated rings. The molecule has 6 nitrogen and oxygen atoms in total. The summed E-state index contributed by atoms with van der Waals surface area (Å²) in [6, 6.07) is 0. The van der Waals surface area contributed by atoms with Gasteiger partial charge in [0.25, 0.3) is 6.20 Å². The molecule has 6 heteroatoms. The number of hydrogen-bond donors (Lipinski definition) is 3. The van der Waals surface area contributed by atoms with Crippen LogP contribution < -0.4 is 5.32 Å². The Balaban J connectivity index is 3.70. The van der Waals surface area contributed by atoms with Gasteiger partial charge in [0, 0.05) is 6.54 Å². The molecule has 0 aliphatic rings. The average Bonchev–Trinajstić information content (AvgIpc) is 1.99. The van der Waals surface area contributed by atoms with Crippen molar-refractivity contribution in [2.75, 3.05) is 13.2 Å². The summed E-state index contributed by atoms with van der Waals surface area (Å²) in [5, 5.41) is 29.7. The quantitative estimate of drug-likeness (QED) is 0.371. The molecule has 0 rings (SSSR count). The second-order valence-corrected chi connectivity index (χ2v) is 2.31. The number of nitrogens with zero attached hydrogens (tertiary/aromatic N) is 1. The Morgan fingerprint density at radius 2 is 2.42 bits per heavy atom. The number of nitrogens with one attached hydrogen (secondary N) is 1. The molecule has 0 aromatic rings. The van der Waals surface area contributed by atoms with Crippen molar-refractivity contribution in [3.8, 4) is 0 Å². The predicted octanol–water partition coefficient (Wildman–Crippen LogP) is -0.933. The molecule has 0 spiro atoms. The summed E-state index contributed by atoms with van der Waals surface area (Å²) >= 11 is 0. The number of nitro groups is 1. The van der Waals surface area contributed by atoms with Gasteiger partial charge in [0.2, 0.25) is 0 Å². The molecule has 0 amide bonds. The maximum atomic E-state index is 9.90. The fourth-order valence-electron chi connectivity index (χ4n) is 0.547. The van der Waals surface area contributed by atoms with Crippen LogP contribution in [0.15, 0.2) is 11.9 Å². The van der Waals surface area contributed by atoms with E-state index in [1.54, 1.807) is 0 Å². The van der Waals surface area contributed by atoms with Crippen molar-refractivity contribution in [2.45, 2.75) is 13.0 Å². The first-order valence-electron chi connectivity index (χ1n) is 3.41. The Labute approximate surface area is 69.7 Å². The van der Waals surface area contributed by atoms with E-state index in [1.165, 1.54) is 6.92 Å². The lowest BCUT2D eigenvalue weighted by Crippen LogP contribution is -2.28. The van der Waals surface area contributed by atoms with Crippen molar-refractivity contribution in [1.82, 2.24) is 5.32 Å². The van der Waals surface area contributed by atoms with Gasteiger partial charge in [0.15, 0.2) is 0 Å². The molecule has 0 aliphatic carbocycles. The fourth-order valence-corrected chi connectivity index (χ4v) is 0.547. The normalized spacial score (nSPS) is 14.1. The highest BCUT2D eigenvalue weighted by molar-refractivity contribution is 4.89. The molecule has 70 valence electrons. The summed E-state index contributed by atoms with van der Waals surface area (Å²) in [6.07, 6.45) is -0.0931. The SMILES string of the molecule is C/C(=C/[N+](=O)[O-])NC[C@H](O)CO. The first-order valence-corrected chi connectivity index (χ1v) is 3.41. The minimum Gasteiger partial charge on any atom is -0.394 e. The van der Waals surface area contributed by atoms with Gasteiger partial charge in [-0.15, -0.1) is 0 Å². The summed E-state index contributed by atoms with van der Waals surface area (Å²) in [5.41, 5.74) is 0.340. The first-order chi connectivity index (χ1) is 5.56. The summed E-state index contributed by atoms with van der Waals surface area (Å²) < 4.78 is 0. The highest BCUT2D eigenvalue weighted by atomic mass is 16.6. The van der Waals surface area contributed by atoms with Gasteiger partial charge >= 0.3 is 0 Å². The zero-order valence-corrected chi connectivity index (χ0v) is 6.73. The average molecular weight is 176 g/mol. The van der Waals surface area contributed by atoms with Crippen LogP contribution in [-0.2, 0) is 0 Å². The molecule has 0 saturated carbocycles. The lowest BCUT2D eigenvalue weighted by atomic mass is 10.3. The highest BCUT2D eigenvalue weighted by Crippen LogP contribution is 1.87. The Morgan fingerprint density at radius 3 is 2.83 bits per heavy atom. The third kappa shape index (κ3) is 5.63. The van der Waals surface area contributed by atoms with Crippen molar-refractivity contribution in [1.29, 1.82) is 0 Å². The van der Waals surface area contributed by atoms with Crippen LogP contribution >= 0.6 is 0 Å². The molecule has 0 radical (unpaired) electrons. The smallest absolute Gasteiger partial charge is 0.252 e. The lowest BCUT2D eigenvalue weighted by molar-refractivity contribution is -0.403. The number of aliphatic hydroxyl groups excluding tert-OH is 2. The van der Waals surface area contributed by atoms with E-state index < -0.39 is 11.0 Å². The van der Waals surface area contributed by atoms with E-state index in [4.69, 9.17) is 10.2 Å². The summed E-state index contributed by atoms with van der Waals surface area (Å²) in [6.45, 7) is 1.25. The standard InChI is InChI=1S/C6H12N2O4/c1-5(3-8(11)12)7-2-6(10)4-9/h3,6-7,9-10H,2,4H2,1H3/b5-3-/t6-/m0/s1. The molecule has 0 unspecified atom stereocenters. The highest BCUT2D eigenvalue weighted by Gasteiger charge is 2.01. The van der Waals surface area contributed by atoms with Gasteiger partial charge < -0.3 is 15.5 Å². The van der Waals surface area contributed by atoms with Crippen molar-refractivity contribution >= 4 is 0 Å². The van der Waals surface area contributed by atoms with E-state index in [9.17, 15) is 10.1 Å². The van der Waals surface area contributed by atoms with Gasteiger partial charge in [-0.1, -0.05) is 0 Å². The van der Waals surface area contributed by atoms with Crippen LogP contribution in [0, 0.1) is 10.1 Å². The molecule has 0 heterocycles. The molecule has 0 bridgehead atoms. The van der Waals surface area contributed by atoms with E-state index >= 15 is 0 Å². The molecular formula is C6H12N2O4. The molecule has 3 N–H and O–H groups in total. The number of rotatable bonds is 5. The van der Waals surface area contributed by atoms with Crippen LogP contribution in [0.3, 0.4) is 0 Å². The Hall–Kier alpha value is -1.14. The maximum absolute atomic E-state index is 9.90. The summed E-state index contributed by atoms with van der Waals surface area (Å²) in [7, 11) is 0. The number of allylic oxidation sites excluding steroid dienone is 1. The van der Waals surface area contributed by atoms with Gasteiger partial charge in [0.1, 0.15) is 0 Å². The topological polar surface area (TPSA) is 95.6 Å². The zero-order valence-electron chi connectivity index (χ0n) is 6.73. The van der Waals surface area contributed by atoms with E-state index in [1.807, 2.05) is 0 Å².